The van der Waals surface area contributed by atoms with Gasteiger partial charge in [-0.2, -0.15) is 13.2 Å². The van der Waals surface area contributed by atoms with Crippen LogP contribution in [0, 0.1) is 11.6 Å². The van der Waals surface area contributed by atoms with Crippen molar-refractivity contribution in [3.8, 4) is 5.75 Å². The van der Waals surface area contributed by atoms with E-state index in [2.05, 4.69) is 0 Å². The van der Waals surface area contributed by atoms with Crippen LogP contribution in [0.15, 0.2) is 36.4 Å². The van der Waals surface area contributed by atoms with E-state index in [1.165, 1.54) is 6.07 Å². The highest BCUT2D eigenvalue weighted by Gasteiger charge is 2.34. The fraction of sp³-hybridized carbons (Fsp3) is 0.143. The second-order valence-electron chi connectivity index (χ2n) is 4.28. The molecule has 2 N–H and O–H groups in total. The van der Waals surface area contributed by atoms with Gasteiger partial charge in [0.1, 0.15) is 24.0 Å². The van der Waals surface area contributed by atoms with Crippen LogP contribution in [0.3, 0.4) is 0 Å². The SMILES string of the molecule is Nc1ccc(OCc2cc(F)ccc2F)c(C(F)(F)F)c1. The topological polar surface area (TPSA) is 35.2 Å². The Morgan fingerprint density at radius 1 is 1.00 bits per heavy atom. The summed E-state index contributed by atoms with van der Waals surface area (Å²) in [5.41, 5.74) is 3.98. The Hall–Kier alpha value is -2.31. The van der Waals surface area contributed by atoms with Crippen molar-refractivity contribution >= 4 is 5.69 Å². The first-order valence-corrected chi connectivity index (χ1v) is 5.81. The highest BCUT2D eigenvalue weighted by molar-refractivity contribution is 5.49. The number of nitrogens with two attached hydrogens (primary N) is 1. The summed E-state index contributed by atoms with van der Waals surface area (Å²) < 4.78 is 69.8. The van der Waals surface area contributed by atoms with E-state index in [4.69, 9.17) is 10.5 Å². The Kier molecular flexibility index (Phi) is 4.02. The predicted octanol–water partition coefficient (Wildman–Crippen LogP) is 4.14. The summed E-state index contributed by atoms with van der Waals surface area (Å²) in [5.74, 6) is -1.97. The van der Waals surface area contributed by atoms with Gasteiger partial charge in [0.2, 0.25) is 0 Å². The van der Waals surface area contributed by atoms with Crippen molar-refractivity contribution < 1.29 is 26.7 Å². The molecular formula is C14H10F5NO. The lowest BCUT2D eigenvalue weighted by molar-refractivity contribution is -0.139. The first-order valence-electron chi connectivity index (χ1n) is 5.81. The molecule has 0 fully saturated rings. The van der Waals surface area contributed by atoms with Gasteiger partial charge in [-0.3, -0.25) is 0 Å². The quantitative estimate of drug-likeness (QED) is 0.683. The maximum Gasteiger partial charge on any atom is 0.420 e. The van der Waals surface area contributed by atoms with E-state index in [-0.39, 0.29) is 11.3 Å². The molecule has 0 aromatic heterocycles. The molecule has 2 rings (SSSR count). The molecule has 0 aliphatic rings. The van der Waals surface area contributed by atoms with Crippen molar-refractivity contribution in [1.82, 2.24) is 0 Å². The number of rotatable bonds is 3. The summed E-state index contributed by atoms with van der Waals surface area (Å²) in [6.45, 7) is -0.531. The summed E-state index contributed by atoms with van der Waals surface area (Å²) in [5, 5.41) is 0. The molecule has 0 amide bonds. The van der Waals surface area contributed by atoms with Crippen molar-refractivity contribution in [3.05, 3.63) is 59.2 Å². The van der Waals surface area contributed by atoms with Crippen molar-refractivity contribution in [2.45, 2.75) is 12.8 Å². The van der Waals surface area contributed by atoms with Crippen molar-refractivity contribution in [3.63, 3.8) is 0 Å². The van der Waals surface area contributed by atoms with Crippen molar-refractivity contribution in [2.24, 2.45) is 0 Å². The molecule has 0 aliphatic heterocycles. The van der Waals surface area contributed by atoms with Crippen LogP contribution >= 0.6 is 0 Å². The maximum absolute atomic E-state index is 13.4. The first-order chi connectivity index (χ1) is 9.77. The number of anilines is 1. The average Bonchev–Trinajstić information content (AvgIpc) is 2.40. The Bertz CT molecular complexity index is 654. The third kappa shape index (κ3) is 3.62. The van der Waals surface area contributed by atoms with Crippen LogP contribution in [-0.4, -0.2) is 0 Å². The minimum Gasteiger partial charge on any atom is -0.488 e. The maximum atomic E-state index is 13.4. The molecule has 0 bridgehead atoms. The zero-order chi connectivity index (χ0) is 15.6. The number of hydrogen-bond donors (Lipinski definition) is 1. The highest BCUT2D eigenvalue weighted by Crippen LogP contribution is 2.37. The molecule has 2 aromatic rings. The van der Waals surface area contributed by atoms with Crippen LogP contribution in [0.2, 0.25) is 0 Å². The van der Waals surface area contributed by atoms with E-state index in [9.17, 15) is 22.0 Å². The highest BCUT2D eigenvalue weighted by atomic mass is 19.4. The number of alkyl halides is 3. The molecule has 0 spiro atoms. The van der Waals surface area contributed by atoms with Crippen LogP contribution in [0.4, 0.5) is 27.6 Å². The Morgan fingerprint density at radius 2 is 1.71 bits per heavy atom. The number of nitrogen functional groups attached to an aromatic ring is 1. The van der Waals surface area contributed by atoms with Crippen molar-refractivity contribution in [1.29, 1.82) is 0 Å². The molecule has 0 radical (unpaired) electrons. The van der Waals surface area contributed by atoms with Crippen molar-refractivity contribution in [2.75, 3.05) is 5.73 Å². The van der Waals surface area contributed by atoms with Gasteiger partial charge in [0.25, 0.3) is 0 Å². The average molecular weight is 303 g/mol. The second kappa shape index (κ2) is 5.59. The van der Waals surface area contributed by atoms with E-state index in [0.717, 1.165) is 30.3 Å². The minimum atomic E-state index is -4.66. The fourth-order valence-corrected chi connectivity index (χ4v) is 1.70. The molecule has 7 heteroatoms. The first kappa shape index (κ1) is 15.1. The van der Waals surface area contributed by atoms with Crippen LogP contribution in [0.25, 0.3) is 0 Å². The molecule has 112 valence electrons. The lowest BCUT2D eigenvalue weighted by atomic mass is 10.1. The third-order valence-electron chi connectivity index (χ3n) is 2.70. The van der Waals surface area contributed by atoms with Gasteiger partial charge in [-0.05, 0) is 36.4 Å². The largest absolute Gasteiger partial charge is 0.488 e. The molecular weight excluding hydrogens is 293 g/mol. The van der Waals surface area contributed by atoms with Crippen LogP contribution in [0.5, 0.6) is 5.75 Å². The van der Waals surface area contributed by atoms with Gasteiger partial charge in [0, 0.05) is 11.3 Å². The van der Waals surface area contributed by atoms with Crippen LogP contribution in [-0.2, 0) is 12.8 Å². The van der Waals surface area contributed by atoms with Gasteiger partial charge in [-0.1, -0.05) is 0 Å². The third-order valence-corrected chi connectivity index (χ3v) is 2.70. The Balaban J connectivity index is 2.26. The van der Waals surface area contributed by atoms with Gasteiger partial charge < -0.3 is 10.5 Å². The Morgan fingerprint density at radius 3 is 2.38 bits per heavy atom. The molecule has 0 unspecified atom stereocenters. The lowest BCUT2D eigenvalue weighted by Crippen LogP contribution is -2.10. The molecule has 0 saturated carbocycles. The number of hydrogen-bond acceptors (Lipinski definition) is 2. The van der Waals surface area contributed by atoms with Gasteiger partial charge in [0.05, 0.1) is 5.56 Å². The molecule has 0 heterocycles. The fourth-order valence-electron chi connectivity index (χ4n) is 1.70. The summed E-state index contributed by atoms with van der Waals surface area (Å²) >= 11 is 0. The molecule has 2 aromatic carbocycles. The van der Waals surface area contributed by atoms with Gasteiger partial charge in [-0.25, -0.2) is 8.78 Å². The van der Waals surface area contributed by atoms with E-state index >= 15 is 0 Å². The summed E-state index contributed by atoms with van der Waals surface area (Å²) in [6, 6.07) is 5.63. The molecule has 21 heavy (non-hydrogen) atoms. The second-order valence-corrected chi connectivity index (χ2v) is 4.28. The molecule has 0 atom stereocenters. The molecule has 0 saturated heterocycles. The van der Waals surface area contributed by atoms with Gasteiger partial charge in [0.15, 0.2) is 0 Å². The van der Waals surface area contributed by atoms with E-state index in [0.29, 0.717) is 0 Å². The minimum absolute atomic E-state index is 0.0772. The predicted molar refractivity (Wildman–Crippen MR) is 66.5 cm³/mol. The van der Waals surface area contributed by atoms with Gasteiger partial charge in [-0.15, -0.1) is 0 Å². The zero-order valence-corrected chi connectivity index (χ0v) is 10.5. The van der Waals surface area contributed by atoms with E-state index in [1.54, 1.807) is 0 Å². The molecule has 2 nitrogen and oxygen atoms in total. The number of ether oxygens (including phenoxy) is 1. The number of benzene rings is 2. The Labute approximate surface area is 116 Å². The summed E-state index contributed by atoms with van der Waals surface area (Å²) in [4.78, 5) is 0. The number of halogens is 5. The zero-order valence-electron chi connectivity index (χ0n) is 10.5. The monoisotopic (exact) mass is 303 g/mol. The normalized spacial score (nSPS) is 11.5. The lowest BCUT2D eigenvalue weighted by Gasteiger charge is -2.14. The van der Waals surface area contributed by atoms with Gasteiger partial charge >= 0.3 is 6.18 Å². The van der Waals surface area contributed by atoms with Crippen LogP contribution < -0.4 is 10.5 Å². The molecule has 0 aliphatic carbocycles. The smallest absolute Gasteiger partial charge is 0.420 e. The summed E-state index contributed by atoms with van der Waals surface area (Å²) in [6.07, 6.45) is -4.66. The summed E-state index contributed by atoms with van der Waals surface area (Å²) in [7, 11) is 0. The van der Waals surface area contributed by atoms with E-state index in [1.807, 2.05) is 0 Å². The van der Waals surface area contributed by atoms with Crippen LogP contribution in [0.1, 0.15) is 11.1 Å². The van der Waals surface area contributed by atoms with E-state index < -0.39 is 35.7 Å². The standard InChI is InChI=1S/C14H10F5NO/c15-9-1-3-12(16)8(5-9)7-21-13-4-2-10(20)6-11(13)14(17,18)19/h1-6H,7,20H2.